The number of nitrogens with zero attached hydrogens (tertiary/aromatic N) is 2. The van der Waals surface area contributed by atoms with Crippen LogP contribution in [0.2, 0.25) is 0 Å². The van der Waals surface area contributed by atoms with Crippen molar-refractivity contribution in [3.8, 4) is 5.75 Å². The van der Waals surface area contributed by atoms with Crippen LogP contribution in [-0.2, 0) is 18.0 Å². The van der Waals surface area contributed by atoms with Gasteiger partial charge in [0.1, 0.15) is 5.75 Å². The quantitative estimate of drug-likeness (QED) is 0.939. The van der Waals surface area contributed by atoms with Crippen LogP contribution in [0.1, 0.15) is 17.0 Å². The van der Waals surface area contributed by atoms with E-state index in [-0.39, 0.29) is 5.75 Å². The molecule has 0 atom stereocenters. The van der Waals surface area contributed by atoms with Crippen molar-refractivity contribution in [2.75, 3.05) is 11.9 Å². The lowest BCUT2D eigenvalue weighted by Gasteiger charge is -2.10. The molecule has 1 N–H and O–H groups in total. The van der Waals surface area contributed by atoms with Crippen molar-refractivity contribution in [1.29, 1.82) is 0 Å². The molecule has 0 bridgehead atoms. The van der Waals surface area contributed by atoms with Gasteiger partial charge in [-0.15, -0.1) is 0 Å². The highest BCUT2D eigenvalue weighted by molar-refractivity contribution is 5.93. The molecule has 8 heteroatoms. The van der Waals surface area contributed by atoms with Crippen molar-refractivity contribution in [2.45, 2.75) is 20.0 Å². The van der Waals surface area contributed by atoms with E-state index in [1.165, 1.54) is 12.1 Å². The van der Waals surface area contributed by atoms with Gasteiger partial charge in [0.05, 0.1) is 22.6 Å². The molecule has 0 aliphatic rings. The molecule has 0 spiro atoms. The first-order chi connectivity index (χ1) is 10.7. The predicted molar refractivity (Wildman–Crippen MR) is 78.3 cm³/mol. The maximum Gasteiger partial charge on any atom is 0.416 e. The first-order valence-electron chi connectivity index (χ1n) is 6.78. The fourth-order valence-corrected chi connectivity index (χ4v) is 2.04. The van der Waals surface area contributed by atoms with Gasteiger partial charge in [-0.05, 0) is 32.0 Å². The highest BCUT2D eigenvalue weighted by Crippen LogP contribution is 2.31. The maximum atomic E-state index is 12.6. The van der Waals surface area contributed by atoms with E-state index in [1.54, 1.807) is 25.6 Å². The summed E-state index contributed by atoms with van der Waals surface area (Å²) in [4.78, 5) is 11.9. The van der Waals surface area contributed by atoms with E-state index >= 15 is 0 Å². The fraction of sp³-hybridized carbons (Fsp3) is 0.333. The SMILES string of the molecule is Cc1nn(C)c(C)c1NC(=O)COc1cccc(C(F)(F)F)c1. The summed E-state index contributed by atoms with van der Waals surface area (Å²) in [6.07, 6.45) is -4.45. The number of nitrogens with one attached hydrogen (secondary N) is 1. The number of hydrogen-bond donors (Lipinski definition) is 1. The van der Waals surface area contributed by atoms with Crippen LogP contribution in [0.3, 0.4) is 0 Å². The van der Waals surface area contributed by atoms with Crippen LogP contribution in [0.15, 0.2) is 24.3 Å². The van der Waals surface area contributed by atoms with Crippen molar-refractivity contribution in [1.82, 2.24) is 9.78 Å². The van der Waals surface area contributed by atoms with E-state index in [0.717, 1.165) is 17.8 Å². The largest absolute Gasteiger partial charge is 0.484 e. The lowest BCUT2D eigenvalue weighted by molar-refractivity contribution is -0.137. The smallest absolute Gasteiger partial charge is 0.416 e. The average molecular weight is 327 g/mol. The van der Waals surface area contributed by atoms with Crippen LogP contribution in [0, 0.1) is 13.8 Å². The first-order valence-corrected chi connectivity index (χ1v) is 6.78. The Morgan fingerprint density at radius 1 is 1.35 bits per heavy atom. The Kier molecular flexibility index (Phi) is 4.63. The molecule has 1 aromatic carbocycles. The number of alkyl halides is 3. The van der Waals surface area contributed by atoms with Crippen LogP contribution in [-0.4, -0.2) is 22.3 Å². The molecule has 23 heavy (non-hydrogen) atoms. The molecule has 0 saturated carbocycles. The van der Waals surface area contributed by atoms with Gasteiger partial charge in [-0.2, -0.15) is 18.3 Å². The van der Waals surface area contributed by atoms with Gasteiger partial charge >= 0.3 is 6.18 Å². The Bertz CT molecular complexity index is 723. The third kappa shape index (κ3) is 4.02. The summed E-state index contributed by atoms with van der Waals surface area (Å²) in [6.45, 7) is 3.15. The fourth-order valence-electron chi connectivity index (χ4n) is 2.04. The van der Waals surface area contributed by atoms with Crippen LogP contribution >= 0.6 is 0 Å². The summed E-state index contributed by atoms with van der Waals surface area (Å²) in [6, 6.07) is 4.39. The summed E-state index contributed by atoms with van der Waals surface area (Å²) in [7, 11) is 1.75. The molecule has 0 aliphatic heterocycles. The van der Waals surface area contributed by atoms with Crippen LogP contribution < -0.4 is 10.1 Å². The number of hydrogen-bond acceptors (Lipinski definition) is 3. The first kappa shape index (κ1) is 16.9. The minimum Gasteiger partial charge on any atom is -0.484 e. The number of benzene rings is 1. The van der Waals surface area contributed by atoms with Crippen molar-refractivity contribution in [3.05, 3.63) is 41.2 Å². The van der Waals surface area contributed by atoms with Gasteiger partial charge in [0.15, 0.2) is 6.61 Å². The van der Waals surface area contributed by atoms with Crippen LogP contribution in [0.5, 0.6) is 5.75 Å². The van der Waals surface area contributed by atoms with Gasteiger partial charge < -0.3 is 10.1 Å². The Hall–Kier alpha value is -2.51. The molecule has 1 heterocycles. The lowest BCUT2D eigenvalue weighted by Crippen LogP contribution is -2.21. The van der Waals surface area contributed by atoms with E-state index < -0.39 is 24.3 Å². The van der Waals surface area contributed by atoms with Gasteiger partial charge in [0, 0.05) is 7.05 Å². The summed E-state index contributed by atoms with van der Waals surface area (Å²) in [5, 5.41) is 6.80. The predicted octanol–water partition coefficient (Wildman–Crippen LogP) is 3.07. The summed E-state index contributed by atoms with van der Waals surface area (Å²) < 4.78 is 44.6. The zero-order valence-electron chi connectivity index (χ0n) is 12.9. The topological polar surface area (TPSA) is 56.2 Å². The third-order valence-electron chi connectivity index (χ3n) is 3.30. The van der Waals surface area contributed by atoms with Gasteiger partial charge in [0.25, 0.3) is 5.91 Å². The third-order valence-corrected chi connectivity index (χ3v) is 3.30. The normalized spacial score (nSPS) is 11.4. The number of anilines is 1. The highest BCUT2D eigenvalue weighted by Gasteiger charge is 2.30. The Morgan fingerprint density at radius 3 is 2.61 bits per heavy atom. The monoisotopic (exact) mass is 327 g/mol. The highest BCUT2D eigenvalue weighted by atomic mass is 19.4. The molecule has 5 nitrogen and oxygen atoms in total. The Labute approximate surface area is 131 Å². The number of rotatable bonds is 4. The zero-order chi connectivity index (χ0) is 17.2. The van der Waals surface area contributed by atoms with Gasteiger partial charge in [-0.3, -0.25) is 9.48 Å². The Morgan fingerprint density at radius 2 is 2.04 bits per heavy atom. The molecular weight excluding hydrogens is 311 g/mol. The number of aryl methyl sites for hydroxylation is 2. The number of carbonyl (C=O) groups excluding carboxylic acids is 1. The molecule has 2 rings (SSSR count). The number of aromatic nitrogens is 2. The van der Waals surface area contributed by atoms with Crippen LogP contribution in [0.25, 0.3) is 0 Å². The molecule has 0 saturated heterocycles. The van der Waals surface area contributed by atoms with E-state index in [9.17, 15) is 18.0 Å². The summed E-state index contributed by atoms with van der Waals surface area (Å²) in [5.74, 6) is -0.490. The van der Waals surface area contributed by atoms with Crippen molar-refractivity contribution in [2.24, 2.45) is 7.05 Å². The maximum absolute atomic E-state index is 12.6. The minimum atomic E-state index is -4.45. The Balaban J connectivity index is 2.00. The average Bonchev–Trinajstić information content (AvgIpc) is 2.71. The molecular formula is C15H16F3N3O2. The molecule has 1 aromatic heterocycles. The number of halogens is 3. The zero-order valence-corrected chi connectivity index (χ0v) is 12.9. The lowest BCUT2D eigenvalue weighted by atomic mass is 10.2. The number of ether oxygens (including phenoxy) is 1. The summed E-state index contributed by atoms with van der Waals surface area (Å²) in [5.41, 5.74) is 1.17. The molecule has 2 aromatic rings. The van der Waals surface area contributed by atoms with Gasteiger partial charge in [0.2, 0.25) is 0 Å². The van der Waals surface area contributed by atoms with Crippen LogP contribution in [0.4, 0.5) is 18.9 Å². The minimum absolute atomic E-state index is 0.0189. The molecule has 1 amide bonds. The molecule has 0 fully saturated rings. The molecule has 124 valence electrons. The number of carbonyl (C=O) groups is 1. The molecule has 0 radical (unpaired) electrons. The van der Waals surface area contributed by atoms with Gasteiger partial charge in [-0.25, -0.2) is 0 Å². The standard InChI is InChI=1S/C15H16F3N3O2/c1-9-14(10(2)21(3)20-9)19-13(22)8-23-12-6-4-5-11(7-12)15(16,17)18/h4-7H,8H2,1-3H3,(H,19,22). The molecule has 0 aliphatic carbocycles. The van der Waals surface area contributed by atoms with Crippen molar-refractivity contribution >= 4 is 11.6 Å². The van der Waals surface area contributed by atoms with Gasteiger partial charge in [-0.1, -0.05) is 6.07 Å². The second-order valence-corrected chi connectivity index (χ2v) is 5.03. The van der Waals surface area contributed by atoms with Crippen molar-refractivity contribution in [3.63, 3.8) is 0 Å². The second kappa shape index (κ2) is 6.31. The van der Waals surface area contributed by atoms with E-state index in [4.69, 9.17) is 4.74 Å². The number of amides is 1. The summed E-state index contributed by atoms with van der Waals surface area (Å²) >= 11 is 0. The second-order valence-electron chi connectivity index (χ2n) is 5.03. The van der Waals surface area contributed by atoms with E-state index in [1.807, 2.05) is 0 Å². The van der Waals surface area contributed by atoms with Crippen molar-refractivity contribution < 1.29 is 22.7 Å². The molecule has 0 unspecified atom stereocenters. The van der Waals surface area contributed by atoms with E-state index in [0.29, 0.717) is 11.4 Å². The van der Waals surface area contributed by atoms with E-state index in [2.05, 4.69) is 10.4 Å².